The summed E-state index contributed by atoms with van der Waals surface area (Å²) < 4.78 is 47.6. The normalized spacial score (nSPS) is 32.6. The molecule has 2 aliphatic heterocycles. The Labute approximate surface area is 295 Å². The molecule has 0 unspecified atom stereocenters. The fourth-order valence-corrected chi connectivity index (χ4v) is 8.48. The molecule has 2 saturated heterocycles. The zero-order valence-corrected chi connectivity index (χ0v) is 28.9. The lowest BCUT2D eigenvalue weighted by atomic mass is 9.60. The summed E-state index contributed by atoms with van der Waals surface area (Å²) in [7, 11) is 0. The van der Waals surface area contributed by atoms with Crippen LogP contribution in [0, 0.1) is 17.8 Å². The Hall–Kier alpha value is -3.40. The van der Waals surface area contributed by atoms with Gasteiger partial charge in [0.2, 0.25) is 0 Å². The summed E-state index contributed by atoms with van der Waals surface area (Å²) in [6.07, 6.45) is -0.512. The van der Waals surface area contributed by atoms with Gasteiger partial charge in [-0.05, 0) is 48.4 Å². The molecule has 8 rings (SSSR count). The highest BCUT2D eigenvalue weighted by molar-refractivity contribution is 5.20. The number of fused-ring (bicyclic) bond motifs is 3. The SMILES string of the molecule is CC1(C)OC[C@H]([C@H]2C[C@H]3O[C@H]3[C@@H]3[C@@H](OCc4ccccc4)[C@H](OCc4ccccc4)[C@@H](OCc4ccccc4)[C@H](OCc4ccccc4)[C@H]23)O1. The van der Waals surface area contributed by atoms with Crippen molar-refractivity contribution in [2.75, 3.05) is 6.61 Å². The summed E-state index contributed by atoms with van der Waals surface area (Å²) in [5.41, 5.74) is 4.43. The van der Waals surface area contributed by atoms with Gasteiger partial charge < -0.3 is 33.2 Å². The van der Waals surface area contributed by atoms with Crippen LogP contribution >= 0.6 is 0 Å². The Morgan fingerprint density at radius 1 is 0.520 bits per heavy atom. The highest BCUT2D eigenvalue weighted by atomic mass is 16.7. The zero-order valence-electron chi connectivity index (χ0n) is 28.9. The molecule has 10 atom stereocenters. The van der Waals surface area contributed by atoms with Crippen molar-refractivity contribution in [3.63, 3.8) is 0 Å². The van der Waals surface area contributed by atoms with Crippen molar-refractivity contribution < 1.29 is 33.2 Å². The number of ether oxygens (including phenoxy) is 7. The second-order valence-electron chi connectivity index (χ2n) is 14.6. The minimum Gasteiger partial charge on any atom is -0.370 e. The molecule has 0 bridgehead atoms. The average Bonchev–Trinajstić information content (AvgIpc) is 3.85. The van der Waals surface area contributed by atoms with E-state index in [1.165, 1.54) is 0 Å². The van der Waals surface area contributed by atoms with E-state index in [2.05, 4.69) is 84.9 Å². The Balaban J connectivity index is 1.20. The van der Waals surface area contributed by atoms with Gasteiger partial charge in [0.05, 0.1) is 63.6 Å². The zero-order chi connectivity index (χ0) is 33.9. The third-order valence-corrected chi connectivity index (χ3v) is 10.8. The highest BCUT2D eigenvalue weighted by Crippen LogP contribution is 2.57. The summed E-state index contributed by atoms with van der Waals surface area (Å²) in [6.45, 7) is 6.29. The van der Waals surface area contributed by atoms with E-state index in [9.17, 15) is 0 Å². The molecule has 2 heterocycles. The van der Waals surface area contributed by atoms with Gasteiger partial charge in [-0.3, -0.25) is 0 Å². The van der Waals surface area contributed by atoms with E-state index in [1.54, 1.807) is 0 Å². The monoisotopic (exact) mass is 676 g/mol. The number of benzene rings is 4. The number of epoxide rings is 1. The topological polar surface area (TPSA) is 67.9 Å². The van der Waals surface area contributed by atoms with E-state index >= 15 is 0 Å². The lowest BCUT2D eigenvalue weighted by Gasteiger charge is -2.54. The maximum Gasteiger partial charge on any atom is 0.163 e. The largest absolute Gasteiger partial charge is 0.370 e. The summed E-state index contributed by atoms with van der Waals surface area (Å²) in [6, 6.07) is 41.4. The Bertz CT molecular complexity index is 1640. The van der Waals surface area contributed by atoms with Gasteiger partial charge in [0, 0.05) is 11.8 Å². The molecule has 7 heteroatoms. The van der Waals surface area contributed by atoms with Crippen LogP contribution in [0.1, 0.15) is 42.5 Å². The fourth-order valence-electron chi connectivity index (χ4n) is 8.48. The van der Waals surface area contributed by atoms with Crippen molar-refractivity contribution >= 4 is 0 Å². The van der Waals surface area contributed by atoms with E-state index in [4.69, 9.17) is 33.2 Å². The molecule has 0 amide bonds. The molecule has 0 radical (unpaired) electrons. The number of hydrogen-bond acceptors (Lipinski definition) is 7. The summed E-state index contributed by atoms with van der Waals surface area (Å²) in [5, 5.41) is 0. The Kier molecular flexibility index (Phi) is 10.2. The summed E-state index contributed by atoms with van der Waals surface area (Å²) in [4.78, 5) is 0. The Morgan fingerprint density at radius 3 is 1.32 bits per heavy atom. The van der Waals surface area contributed by atoms with Gasteiger partial charge in [-0.25, -0.2) is 0 Å². The molecule has 2 saturated carbocycles. The van der Waals surface area contributed by atoms with Gasteiger partial charge >= 0.3 is 0 Å². The van der Waals surface area contributed by atoms with Gasteiger partial charge in [0.25, 0.3) is 0 Å². The molecule has 50 heavy (non-hydrogen) atoms. The van der Waals surface area contributed by atoms with Crippen LogP contribution in [-0.2, 0) is 59.6 Å². The van der Waals surface area contributed by atoms with Crippen molar-refractivity contribution in [3.05, 3.63) is 144 Å². The van der Waals surface area contributed by atoms with Gasteiger partial charge in [0.1, 0.15) is 12.2 Å². The molecule has 0 N–H and O–H groups in total. The molecule has 262 valence electrons. The van der Waals surface area contributed by atoms with Crippen molar-refractivity contribution in [2.45, 2.75) is 95.2 Å². The minimum absolute atomic E-state index is 0.00731. The lowest BCUT2D eigenvalue weighted by Crippen LogP contribution is -2.66. The maximum atomic E-state index is 7.13. The predicted octanol–water partition coefficient (Wildman–Crippen LogP) is 7.51. The first-order chi connectivity index (χ1) is 24.5. The average molecular weight is 677 g/mol. The van der Waals surface area contributed by atoms with Crippen LogP contribution < -0.4 is 0 Å². The van der Waals surface area contributed by atoms with Crippen molar-refractivity contribution in [1.82, 2.24) is 0 Å². The molecule has 4 aliphatic rings. The standard InChI is InChI=1S/C43H48O7/c1-43(2)48-28-35(50-43)33-23-34-38(49-34)37-36(33)39(44-24-29-15-7-3-8-16-29)41(46-26-31-19-11-5-12-20-31)42(47-27-32-21-13-6-14-22-32)40(37)45-25-30-17-9-4-10-18-30/h3-22,33-42H,23-28H2,1-2H3/t33-,34-,35-,36-,37-,38-,39-,40-,41+,42+/m1/s1. The van der Waals surface area contributed by atoms with E-state index in [0.29, 0.717) is 33.0 Å². The smallest absolute Gasteiger partial charge is 0.163 e. The number of rotatable bonds is 13. The van der Waals surface area contributed by atoms with Crippen molar-refractivity contribution in [2.24, 2.45) is 17.8 Å². The molecule has 4 fully saturated rings. The van der Waals surface area contributed by atoms with Crippen LogP contribution in [0.3, 0.4) is 0 Å². The van der Waals surface area contributed by atoms with Crippen molar-refractivity contribution in [1.29, 1.82) is 0 Å². The van der Waals surface area contributed by atoms with E-state index in [-0.39, 0.29) is 48.3 Å². The van der Waals surface area contributed by atoms with Crippen LogP contribution in [0.5, 0.6) is 0 Å². The first-order valence-corrected chi connectivity index (χ1v) is 18.1. The molecule has 0 spiro atoms. The maximum absolute atomic E-state index is 7.13. The van der Waals surface area contributed by atoms with Crippen LogP contribution in [0.4, 0.5) is 0 Å². The van der Waals surface area contributed by atoms with E-state index in [1.807, 2.05) is 50.2 Å². The third-order valence-electron chi connectivity index (χ3n) is 10.8. The first kappa shape index (κ1) is 33.7. The quantitative estimate of drug-likeness (QED) is 0.136. The highest BCUT2D eigenvalue weighted by Gasteiger charge is 2.67. The molecular weight excluding hydrogens is 628 g/mol. The van der Waals surface area contributed by atoms with Gasteiger partial charge in [-0.2, -0.15) is 0 Å². The fraction of sp³-hybridized carbons (Fsp3) is 0.442. The Morgan fingerprint density at radius 2 is 0.920 bits per heavy atom. The van der Waals surface area contributed by atoms with E-state index in [0.717, 1.165) is 28.7 Å². The van der Waals surface area contributed by atoms with Crippen LogP contribution in [0.15, 0.2) is 121 Å². The van der Waals surface area contributed by atoms with E-state index < -0.39 is 18.0 Å². The van der Waals surface area contributed by atoms with Gasteiger partial charge in [0.15, 0.2) is 5.79 Å². The third kappa shape index (κ3) is 7.60. The summed E-state index contributed by atoms with van der Waals surface area (Å²) in [5.74, 6) is -0.507. The molecule has 2 aliphatic carbocycles. The minimum atomic E-state index is -0.649. The molecule has 7 nitrogen and oxygen atoms in total. The van der Waals surface area contributed by atoms with Crippen LogP contribution in [-0.4, -0.2) is 55.1 Å². The first-order valence-electron chi connectivity index (χ1n) is 18.1. The molecule has 0 aromatic heterocycles. The molecule has 4 aromatic carbocycles. The van der Waals surface area contributed by atoms with Crippen LogP contribution in [0.25, 0.3) is 0 Å². The van der Waals surface area contributed by atoms with Crippen LogP contribution in [0.2, 0.25) is 0 Å². The van der Waals surface area contributed by atoms with Crippen molar-refractivity contribution in [3.8, 4) is 0 Å². The van der Waals surface area contributed by atoms with Gasteiger partial charge in [-0.15, -0.1) is 0 Å². The second-order valence-corrected chi connectivity index (χ2v) is 14.6. The molecule has 4 aromatic rings. The summed E-state index contributed by atoms with van der Waals surface area (Å²) >= 11 is 0. The lowest BCUT2D eigenvalue weighted by molar-refractivity contribution is -0.265. The second kappa shape index (κ2) is 15.1. The molecular formula is C43H48O7. The number of hydrogen-bond donors (Lipinski definition) is 0. The predicted molar refractivity (Wildman–Crippen MR) is 189 cm³/mol. The van der Waals surface area contributed by atoms with Gasteiger partial charge in [-0.1, -0.05) is 121 Å².